The van der Waals surface area contributed by atoms with E-state index < -0.39 is 6.10 Å². The smallest absolute Gasteiger partial charge is 0.315 e. The zero-order valence-electron chi connectivity index (χ0n) is 16.2. The quantitative estimate of drug-likeness (QED) is 0.835. The molecule has 1 saturated heterocycles. The predicted molar refractivity (Wildman–Crippen MR) is 104 cm³/mol. The lowest BCUT2D eigenvalue weighted by Gasteiger charge is -2.35. The molecular weight excluding hydrogens is 358 g/mol. The van der Waals surface area contributed by atoms with Crippen molar-refractivity contribution in [2.75, 3.05) is 19.7 Å². The number of hydrogen-bond acceptors (Lipinski definition) is 4. The molecule has 7 nitrogen and oxygen atoms in total. The minimum atomic E-state index is -0.603. The summed E-state index contributed by atoms with van der Waals surface area (Å²) in [5.41, 5.74) is 0. The Hall–Kier alpha value is -2.44. The van der Waals surface area contributed by atoms with E-state index in [9.17, 15) is 9.59 Å². The summed E-state index contributed by atoms with van der Waals surface area (Å²) in [4.78, 5) is 26.8. The van der Waals surface area contributed by atoms with E-state index in [0.29, 0.717) is 30.6 Å². The molecule has 0 radical (unpaired) electrons. The van der Waals surface area contributed by atoms with Crippen molar-refractivity contribution in [1.82, 2.24) is 15.5 Å². The van der Waals surface area contributed by atoms with Gasteiger partial charge >= 0.3 is 6.03 Å². The Balaban J connectivity index is 1.22. The largest absolute Gasteiger partial charge is 0.485 e. The van der Waals surface area contributed by atoms with Crippen molar-refractivity contribution in [3.8, 4) is 11.5 Å². The van der Waals surface area contributed by atoms with Gasteiger partial charge in [-0.3, -0.25) is 4.79 Å². The third-order valence-corrected chi connectivity index (χ3v) is 5.87. The summed E-state index contributed by atoms with van der Waals surface area (Å²) in [5, 5.41) is 6.17. The molecule has 1 aromatic rings. The van der Waals surface area contributed by atoms with Crippen LogP contribution in [0.2, 0.25) is 0 Å². The first kappa shape index (κ1) is 18.9. The van der Waals surface area contributed by atoms with Crippen LogP contribution in [0, 0.1) is 0 Å². The number of urea groups is 1. The van der Waals surface area contributed by atoms with Gasteiger partial charge in [0.05, 0.1) is 0 Å². The van der Waals surface area contributed by atoms with Gasteiger partial charge < -0.3 is 25.0 Å². The number of para-hydroxylation sites is 2. The predicted octanol–water partition coefficient (Wildman–Crippen LogP) is 2.45. The second-order valence-corrected chi connectivity index (χ2v) is 7.92. The van der Waals surface area contributed by atoms with Crippen LogP contribution in [0.1, 0.15) is 44.9 Å². The van der Waals surface area contributed by atoms with E-state index in [1.807, 2.05) is 29.2 Å². The Morgan fingerprint density at radius 1 is 0.893 bits per heavy atom. The number of ether oxygens (including phenoxy) is 2. The molecule has 28 heavy (non-hydrogen) atoms. The molecule has 1 atom stereocenters. The second-order valence-electron chi connectivity index (χ2n) is 7.92. The molecule has 7 heteroatoms. The Morgan fingerprint density at radius 3 is 2.25 bits per heavy atom. The molecule has 2 heterocycles. The summed E-state index contributed by atoms with van der Waals surface area (Å²) in [5.74, 6) is 1.25. The highest BCUT2D eigenvalue weighted by molar-refractivity contribution is 5.82. The Labute approximate surface area is 165 Å². The Morgan fingerprint density at radius 2 is 1.54 bits per heavy atom. The van der Waals surface area contributed by atoms with Gasteiger partial charge in [-0.1, -0.05) is 31.4 Å². The fourth-order valence-corrected chi connectivity index (χ4v) is 4.25. The number of piperidine rings is 1. The summed E-state index contributed by atoms with van der Waals surface area (Å²) >= 11 is 0. The Kier molecular flexibility index (Phi) is 5.88. The summed E-state index contributed by atoms with van der Waals surface area (Å²) in [6, 6.07) is 7.74. The number of hydrogen-bond donors (Lipinski definition) is 2. The maximum absolute atomic E-state index is 12.8. The van der Waals surface area contributed by atoms with E-state index in [-0.39, 0.29) is 24.6 Å². The average molecular weight is 387 g/mol. The molecule has 0 bridgehead atoms. The standard InChI is InChI=1S/C21H29N3O4/c25-20(19-14-27-17-8-4-5-9-18(17)28-19)24-12-10-16(11-13-24)23-21(26)22-15-6-2-1-3-7-15/h4-5,8-9,15-16,19H,1-3,6-7,10-14H2,(H2,22,23,26)/t19-/m1/s1. The van der Waals surface area contributed by atoms with E-state index in [2.05, 4.69) is 10.6 Å². The number of carbonyl (C=O) groups is 2. The first-order valence-electron chi connectivity index (χ1n) is 10.4. The summed E-state index contributed by atoms with van der Waals surface area (Å²) in [6.07, 6.45) is 6.73. The van der Waals surface area contributed by atoms with Crippen molar-refractivity contribution < 1.29 is 19.1 Å². The molecule has 0 aromatic heterocycles. The first-order valence-corrected chi connectivity index (χ1v) is 10.4. The fourth-order valence-electron chi connectivity index (χ4n) is 4.25. The molecule has 1 saturated carbocycles. The van der Waals surface area contributed by atoms with Crippen LogP contribution >= 0.6 is 0 Å². The molecule has 2 fully saturated rings. The summed E-state index contributed by atoms with van der Waals surface area (Å²) in [7, 11) is 0. The van der Waals surface area contributed by atoms with Crippen LogP contribution in [0.15, 0.2) is 24.3 Å². The van der Waals surface area contributed by atoms with E-state index >= 15 is 0 Å². The normalized spacial score (nSPS) is 23.1. The molecule has 0 spiro atoms. The molecule has 2 N–H and O–H groups in total. The van der Waals surface area contributed by atoms with Crippen LogP contribution in [0.25, 0.3) is 0 Å². The van der Waals surface area contributed by atoms with Gasteiger partial charge in [0.25, 0.3) is 5.91 Å². The number of carbonyl (C=O) groups excluding carboxylic acids is 2. The number of nitrogens with zero attached hydrogens (tertiary/aromatic N) is 1. The van der Waals surface area contributed by atoms with Gasteiger partial charge in [-0.15, -0.1) is 0 Å². The van der Waals surface area contributed by atoms with E-state index in [4.69, 9.17) is 9.47 Å². The Bertz CT molecular complexity index is 697. The molecule has 1 aliphatic carbocycles. The number of likely N-dealkylation sites (tertiary alicyclic amines) is 1. The van der Waals surface area contributed by atoms with Gasteiger partial charge in [0.15, 0.2) is 11.5 Å². The summed E-state index contributed by atoms with van der Waals surface area (Å²) < 4.78 is 11.5. The number of amides is 3. The van der Waals surface area contributed by atoms with Crippen molar-refractivity contribution in [1.29, 1.82) is 0 Å². The molecular formula is C21H29N3O4. The molecule has 3 aliphatic rings. The minimum absolute atomic E-state index is 0.0420. The third kappa shape index (κ3) is 4.51. The van der Waals surface area contributed by atoms with Gasteiger partial charge in [0, 0.05) is 25.2 Å². The van der Waals surface area contributed by atoms with E-state index in [1.165, 1.54) is 19.3 Å². The van der Waals surface area contributed by atoms with Crippen LogP contribution < -0.4 is 20.1 Å². The number of nitrogens with one attached hydrogen (secondary N) is 2. The van der Waals surface area contributed by atoms with Gasteiger partial charge in [-0.25, -0.2) is 4.79 Å². The van der Waals surface area contributed by atoms with E-state index in [1.54, 1.807) is 0 Å². The fraction of sp³-hybridized carbons (Fsp3) is 0.619. The van der Waals surface area contributed by atoms with E-state index in [0.717, 1.165) is 25.7 Å². The van der Waals surface area contributed by atoms with Crippen molar-refractivity contribution in [2.24, 2.45) is 0 Å². The van der Waals surface area contributed by atoms with Crippen molar-refractivity contribution in [2.45, 2.75) is 63.1 Å². The average Bonchev–Trinajstić information content (AvgIpc) is 2.74. The van der Waals surface area contributed by atoms with Gasteiger partial charge in [0.1, 0.15) is 6.61 Å². The molecule has 152 valence electrons. The number of benzene rings is 1. The topological polar surface area (TPSA) is 79.9 Å². The maximum atomic E-state index is 12.8. The molecule has 1 aromatic carbocycles. The summed E-state index contributed by atoms with van der Waals surface area (Å²) in [6.45, 7) is 1.47. The lowest BCUT2D eigenvalue weighted by Crippen LogP contribution is -2.53. The van der Waals surface area contributed by atoms with Gasteiger partial charge in [0.2, 0.25) is 6.10 Å². The second kappa shape index (κ2) is 8.71. The maximum Gasteiger partial charge on any atom is 0.315 e. The third-order valence-electron chi connectivity index (χ3n) is 5.87. The van der Waals surface area contributed by atoms with Crippen LogP contribution in [0.4, 0.5) is 4.79 Å². The SMILES string of the molecule is O=C(NC1CCCCC1)NC1CCN(C(=O)[C@H]2COc3ccccc3O2)CC1. The molecule has 0 unspecified atom stereocenters. The van der Waals surface area contributed by atoms with Crippen molar-refractivity contribution in [3.05, 3.63) is 24.3 Å². The van der Waals surface area contributed by atoms with Crippen LogP contribution in [-0.2, 0) is 4.79 Å². The van der Waals surface area contributed by atoms with Crippen LogP contribution in [-0.4, -0.2) is 54.7 Å². The van der Waals surface area contributed by atoms with Crippen LogP contribution in [0.5, 0.6) is 11.5 Å². The molecule has 4 rings (SSSR count). The zero-order chi connectivity index (χ0) is 19.3. The zero-order valence-corrected chi connectivity index (χ0v) is 16.2. The van der Waals surface area contributed by atoms with Crippen molar-refractivity contribution in [3.63, 3.8) is 0 Å². The first-order chi connectivity index (χ1) is 13.7. The monoisotopic (exact) mass is 387 g/mol. The highest BCUT2D eigenvalue weighted by Gasteiger charge is 2.33. The lowest BCUT2D eigenvalue weighted by atomic mass is 9.96. The minimum Gasteiger partial charge on any atom is -0.485 e. The number of rotatable bonds is 3. The molecule has 3 amide bonds. The van der Waals surface area contributed by atoms with Gasteiger partial charge in [-0.2, -0.15) is 0 Å². The van der Waals surface area contributed by atoms with Crippen LogP contribution in [0.3, 0.4) is 0 Å². The van der Waals surface area contributed by atoms with Crippen molar-refractivity contribution >= 4 is 11.9 Å². The lowest BCUT2D eigenvalue weighted by molar-refractivity contribution is -0.142. The molecule has 2 aliphatic heterocycles. The highest BCUT2D eigenvalue weighted by Crippen LogP contribution is 2.31. The number of fused-ring (bicyclic) bond motifs is 1. The highest BCUT2D eigenvalue weighted by atomic mass is 16.6. The van der Waals surface area contributed by atoms with Gasteiger partial charge in [-0.05, 0) is 37.8 Å².